The van der Waals surface area contributed by atoms with Crippen LogP contribution in [0.2, 0.25) is 0 Å². The molecule has 1 nitrogen and oxygen atoms in total. The monoisotopic (exact) mass is 231 g/mol. The van der Waals surface area contributed by atoms with Gasteiger partial charge in [0.2, 0.25) is 0 Å². The standard InChI is InChI=1S/C16H25N/c1-5-17-15(16(4)9-10-16)11-14-12(2)7-6-8-13(14)3/h6-8,15,17H,5,9-11H2,1-4H3. The Morgan fingerprint density at radius 1 is 1.24 bits per heavy atom. The van der Waals surface area contributed by atoms with E-state index in [0.29, 0.717) is 11.5 Å². The van der Waals surface area contributed by atoms with Gasteiger partial charge in [0, 0.05) is 6.04 Å². The van der Waals surface area contributed by atoms with Gasteiger partial charge in [-0.05, 0) is 61.8 Å². The summed E-state index contributed by atoms with van der Waals surface area (Å²) in [4.78, 5) is 0. The van der Waals surface area contributed by atoms with Crippen molar-refractivity contribution in [3.63, 3.8) is 0 Å². The van der Waals surface area contributed by atoms with E-state index < -0.39 is 0 Å². The molecule has 1 atom stereocenters. The van der Waals surface area contributed by atoms with Crippen LogP contribution >= 0.6 is 0 Å². The molecule has 1 aromatic carbocycles. The van der Waals surface area contributed by atoms with Crippen LogP contribution in [0.3, 0.4) is 0 Å². The average molecular weight is 231 g/mol. The van der Waals surface area contributed by atoms with Crippen molar-refractivity contribution in [1.29, 1.82) is 0 Å². The highest BCUT2D eigenvalue weighted by molar-refractivity contribution is 5.34. The Hall–Kier alpha value is -0.820. The smallest absolute Gasteiger partial charge is 0.0161 e. The Kier molecular flexibility index (Phi) is 3.58. The molecule has 1 aromatic rings. The summed E-state index contributed by atoms with van der Waals surface area (Å²) < 4.78 is 0. The average Bonchev–Trinajstić information content (AvgIpc) is 3.02. The van der Waals surface area contributed by atoms with Crippen LogP contribution in [0.4, 0.5) is 0 Å². The summed E-state index contributed by atoms with van der Waals surface area (Å²) in [5.41, 5.74) is 4.98. The van der Waals surface area contributed by atoms with Crippen LogP contribution in [-0.4, -0.2) is 12.6 Å². The van der Waals surface area contributed by atoms with Gasteiger partial charge < -0.3 is 5.32 Å². The van der Waals surface area contributed by atoms with Crippen LogP contribution in [0.5, 0.6) is 0 Å². The van der Waals surface area contributed by atoms with Crippen LogP contribution in [0.1, 0.15) is 43.4 Å². The number of likely N-dealkylation sites (N-methyl/N-ethyl adjacent to an activating group) is 1. The van der Waals surface area contributed by atoms with Crippen LogP contribution in [-0.2, 0) is 6.42 Å². The quantitative estimate of drug-likeness (QED) is 0.816. The minimum atomic E-state index is 0.546. The molecule has 1 aliphatic carbocycles. The van der Waals surface area contributed by atoms with E-state index in [1.807, 2.05) is 0 Å². The predicted octanol–water partition coefficient (Wildman–Crippen LogP) is 3.62. The highest BCUT2D eigenvalue weighted by Gasteiger charge is 2.44. The van der Waals surface area contributed by atoms with Crippen molar-refractivity contribution in [3.8, 4) is 0 Å². The van der Waals surface area contributed by atoms with E-state index in [0.717, 1.165) is 6.54 Å². The van der Waals surface area contributed by atoms with E-state index in [9.17, 15) is 0 Å². The van der Waals surface area contributed by atoms with Gasteiger partial charge in [0.1, 0.15) is 0 Å². The first-order valence-electron chi connectivity index (χ1n) is 6.85. The second-order valence-corrected chi connectivity index (χ2v) is 5.84. The second-order valence-electron chi connectivity index (χ2n) is 5.84. The van der Waals surface area contributed by atoms with Crippen LogP contribution < -0.4 is 5.32 Å². The maximum atomic E-state index is 3.69. The summed E-state index contributed by atoms with van der Waals surface area (Å²) in [5.74, 6) is 0. The molecule has 0 spiro atoms. The fraction of sp³-hybridized carbons (Fsp3) is 0.625. The van der Waals surface area contributed by atoms with Crippen LogP contribution in [0, 0.1) is 19.3 Å². The van der Waals surface area contributed by atoms with Gasteiger partial charge >= 0.3 is 0 Å². The molecule has 0 bridgehead atoms. The number of rotatable bonds is 5. The lowest BCUT2D eigenvalue weighted by Gasteiger charge is -2.26. The van der Waals surface area contributed by atoms with Crippen molar-refractivity contribution in [2.45, 2.75) is 53.0 Å². The van der Waals surface area contributed by atoms with Crippen LogP contribution in [0.15, 0.2) is 18.2 Å². The van der Waals surface area contributed by atoms with Crippen molar-refractivity contribution in [2.75, 3.05) is 6.54 Å². The van der Waals surface area contributed by atoms with E-state index in [-0.39, 0.29) is 0 Å². The molecule has 0 radical (unpaired) electrons. The van der Waals surface area contributed by atoms with E-state index in [4.69, 9.17) is 0 Å². The molecule has 17 heavy (non-hydrogen) atoms. The third-order valence-corrected chi connectivity index (χ3v) is 4.38. The summed E-state index contributed by atoms with van der Waals surface area (Å²) in [6, 6.07) is 7.28. The maximum Gasteiger partial charge on any atom is 0.0161 e. The normalized spacial score (nSPS) is 19.1. The zero-order valence-corrected chi connectivity index (χ0v) is 11.6. The Bertz CT molecular complexity index is 370. The van der Waals surface area contributed by atoms with Crippen molar-refractivity contribution >= 4 is 0 Å². The Morgan fingerprint density at radius 3 is 2.29 bits per heavy atom. The van der Waals surface area contributed by atoms with Crippen molar-refractivity contribution in [2.24, 2.45) is 5.41 Å². The van der Waals surface area contributed by atoms with Gasteiger partial charge in [-0.15, -0.1) is 0 Å². The van der Waals surface area contributed by atoms with Gasteiger partial charge in [-0.2, -0.15) is 0 Å². The summed E-state index contributed by atoms with van der Waals surface area (Å²) in [6.07, 6.45) is 3.95. The number of hydrogen-bond acceptors (Lipinski definition) is 1. The minimum absolute atomic E-state index is 0.546. The SMILES string of the molecule is CCNC(Cc1c(C)cccc1C)C1(C)CC1. The zero-order valence-electron chi connectivity index (χ0n) is 11.6. The largest absolute Gasteiger partial charge is 0.313 e. The molecule has 2 rings (SSSR count). The Balaban J connectivity index is 2.17. The number of benzene rings is 1. The lowest BCUT2D eigenvalue weighted by atomic mass is 9.88. The van der Waals surface area contributed by atoms with Gasteiger partial charge in [-0.3, -0.25) is 0 Å². The second kappa shape index (κ2) is 4.81. The number of nitrogens with one attached hydrogen (secondary N) is 1. The van der Waals surface area contributed by atoms with E-state index >= 15 is 0 Å². The molecule has 1 aliphatic rings. The molecule has 0 heterocycles. The predicted molar refractivity (Wildman–Crippen MR) is 74.4 cm³/mol. The Morgan fingerprint density at radius 2 is 1.82 bits per heavy atom. The summed E-state index contributed by atoms with van der Waals surface area (Å²) in [7, 11) is 0. The van der Waals surface area contributed by atoms with Crippen molar-refractivity contribution < 1.29 is 0 Å². The first-order valence-corrected chi connectivity index (χ1v) is 6.85. The molecule has 0 aromatic heterocycles. The van der Waals surface area contributed by atoms with Gasteiger partial charge in [-0.1, -0.05) is 32.0 Å². The van der Waals surface area contributed by atoms with Gasteiger partial charge in [0.05, 0.1) is 0 Å². The lowest BCUT2D eigenvalue weighted by Crippen LogP contribution is -2.38. The lowest BCUT2D eigenvalue weighted by molar-refractivity contribution is 0.359. The van der Waals surface area contributed by atoms with E-state index in [1.165, 1.54) is 30.4 Å². The first kappa shape index (κ1) is 12.6. The van der Waals surface area contributed by atoms with E-state index in [1.54, 1.807) is 5.56 Å². The molecule has 94 valence electrons. The fourth-order valence-electron chi connectivity index (χ4n) is 2.73. The van der Waals surface area contributed by atoms with Crippen molar-refractivity contribution in [1.82, 2.24) is 5.32 Å². The fourth-order valence-corrected chi connectivity index (χ4v) is 2.73. The summed E-state index contributed by atoms with van der Waals surface area (Å²) >= 11 is 0. The molecule has 1 unspecified atom stereocenters. The van der Waals surface area contributed by atoms with Crippen LogP contribution in [0.25, 0.3) is 0 Å². The molecule has 1 N–H and O–H groups in total. The zero-order chi connectivity index (χ0) is 12.5. The topological polar surface area (TPSA) is 12.0 Å². The minimum Gasteiger partial charge on any atom is -0.313 e. The third kappa shape index (κ3) is 2.71. The molecule has 0 aliphatic heterocycles. The van der Waals surface area contributed by atoms with Gasteiger partial charge in [0.25, 0.3) is 0 Å². The molecule has 1 fully saturated rings. The molecular weight excluding hydrogens is 206 g/mol. The number of hydrogen-bond donors (Lipinski definition) is 1. The first-order chi connectivity index (χ1) is 8.07. The number of aryl methyl sites for hydroxylation is 2. The molecule has 0 saturated heterocycles. The summed E-state index contributed by atoms with van der Waals surface area (Å²) in [5, 5.41) is 3.69. The van der Waals surface area contributed by atoms with E-state index in [2.05, 4.69) is 51.2 Å². The molecule has 0 amide bonds. The highest BCUT2D eigenvalue weighted by atomic mass is 14.9. The van der Waals surface area contributed by atoms with Crippen molar-refractivity contribution in [3.05, 3.63) is 34.9 Å². The Labute approximate surface area is 106 Å². The maximum absolute atomic E-state index is 3.69. The van der Waals surface area contributed by atoms with Gasteiger partial charge in [0.15, 0.2) is 0 Å². The highest BCUT2D eigenvalue weighted by Crippen LogP contribution is 2.49. The third-order valence-electron chi connectivity index (χ3n) is 4.38. The molecular formula is C16H25N. The molecule has 1 saturated carbocycles. The van der Waals surface area contributed by atoms with Gasteiger partial charge in [-0.25, -0.2) is 0 Å². The molecule has 1 heteroatoms. The summed E-state index contributed by atoms with van der Waals surface area (Å²) in [6.45, 7) is 10.2.